The summed E-state index contributed by atoms with van der Waals surface area (Å²) < 4.78 is 14.5. The number of halogens is 1. The van der Waals surface area contributed by atoms with Gasteiger partial charge in [-0.2, -0.15) is 0 Å². The molecule has 0 aliphatic carbocycles. The maximum absolute atomic E-state index is 14.5. The monoisotopic (exact) mass is 466 g/mol. The largest absolute Gasteiger partial charge is 0.366 e. The van der Waals surface area contributed by atoms with E-state index in [1.165, 1.54) is 12.1 Å². The van der Waals surface area contributed by atoms with E-state index in [2.05, 4.69) is 15.5 Å². The Morgan fingerprint density at radius 3 is 2.69 bits per heavy atom. The summed E-state index contributed by atoms with van der Waals surface area (Å²) in [6, 6.07) is 17.3. The van der Waals surface area contributed by atoms with Crippen LogP contribution < -0.4 is 16.4 Å². The Hall–Kier alpha value is -4.35. The molecule has 1 aliphatic rings. The maximum atomic E-state index is 14.5. The zero-order valence-corrected chi connectivity index (χ0v) is 18.9. The number of carbonyl (C=O) groups is 1. The van der Waals surface area contributed by atoms with Crippen molar-refractivity contribution in [3.63, 3.8) is 0 Å². The van der Waals surface area contributed by atoms with Gasteiger partial charge in [-0.3, -0.25) is 4.79 Å². The average Bonchev–Trinajstić information content (AvgIpc) is 3.40. The molecule has 3 aromatic carbocycles. The van der Waals surface area contributed by atoms with Crippen LogP contribution in [0.15, 0.2) is 60.7 Å². The lowest BCUT2D eigenvalue weighted by Crippen LogP contribution is -2.18. The van der Waals surface area contributed by atoms with Crippen molar-refractivity contribution in [2.24, 2.45) is 11.7 Å². The van der Waals surface area contributed by atoms with Crippen LogP contribution in [-0.4, -0.2) is 35.5 Å². The van der Waals surface area contributed by atoms with Gasteiger partial charge in [-0.25, -0.2) is 19.2 Å². The number of hydrogen-bond donors (Lipinski definition) is 3. The molecule has 35 heavy (non-hydrogen) atoms. The van der Waals surface area contributed by atoms with Gasteiger partial charge in [0.15, 0.2) is 0 Å². The van der Waals surface area contributed by atoms with E-state index in [1.54, 1.807) is 24.3 Å². The highest BCUT2D eigenvalue weighted by Crippen LogP contribution is 2.33. The molecule has 1 saturated heterocycles. The van der Waals surface area contributed by atoms with Crippen molar-refractivity contribution < 1.29 is 9.18 Å². The van der Waals surface area contributed by atoms with Gasteiger partial charge in [0, 0.05) is 23.1 Å². The standard InChI is InChI=1S/C27H23FN6O/c1-30-24-8-6-19(13-22(24)28)25-21-12-18(17-3-2-4-20(11-17)26(29)35)5-7-23(21)33-27(34-25)32-15-16-9-10-31-14-16/h2-8,11-13,16,31H,9-10,14-15H2,(H2,29,35)(H,32,33,34)/t16-/m0/s1. The zero-order valence-electron chi connectivity index (χ0n) is 18.9. The number of benzene rings is 3. The fourth-order valence-corrected chi connectivity index (χ4v) is 4.33. The normalized spacial score (nSPS) is 15.1. The van der Waals surface area contributed by atoms with E-state index >= 15 is 0 Å². The molecule has 0 saturated carbocycles. The second-order valence-electron chi connectivity index (χ2n) is 8.59. The van der Waals surface area contributed by atoms with Crippen molar-refractivity contribution in [1.82, 2.24) is 15.3 Å². The van der Waals surface area contributed by atoms with Crippen LogP contribution in [0.25, 0.3) is 38.1 Å². The van der Waals surface area contributed by atoms with Crippen molar-refractivity contribution in [3.05, 3.63) is 83.5 Å². The third kappa shape index (κ3) is 4.67. The van der Waals surface area contributed by atoms with Crippen LogP contribution in [0, 0.1) is 18.3 Å². The van der Waals surface area contributed by atoms with E-state index in [0.29, 0.717) is 34.2 Å². The van der Waals surface area contributed by atoms with Gasteiger partial charge in [0.25, 0.3) is 0 Å². The maximum Gasteiger partial charge on any atom is 0.248 e. The van der Waals surface area contributed by atoms with Crippen molar-refractivity contribution in [2.75, 3.05) is 25.0 Å². The first-order chi connectivity index (χ1) is 17.0. The number of primary amides is 1. The number of amides is 1. The lowest BCUT2D eigenvalue weighted by Gasteiger charge is -2.14. The summed E-state index contributed by atoms with van der Waals surface area (Å²) >= 11 is 0. The molecule has 174 valence electrons. The predicted octanol–water partition coefficient (Wildman–Crippen LogP) is 4.77. The minimum atomic E-state index is -0.596. The van der Waals surface area contributed by atoms with Crippen molar-refractivity contribution in [2.45, 2.75) is 6.42 Å². The first kappa shape index (κ1) is 22.4. The number of nitrogens with two attached hydrogens (primary N) is 1. The quantitative estimate of drug-likeness (QED) is 0.356. The minimum Gasteiger partial charge on any atom is -0.366 e. The topological polar surface area (TPSA) is 97.3 Å². The molecule has 4 N–H and O–H groups in total. The van der Waals surface area contributed by atoms with E-state index in [9.17, 15) is 9.18 Å². The molecule has 8 heteroatoms. The Kier molecular flexibility index (Phi) is 6.08. The molecule has 1 aromatic heterocycles. The third-order valence-corrected chi connectivity index (χ3v) is 6.23. The SMILES string of the molecule is [C-]#[N+]c1ccc(-c2nc(NC[C@H]3CCNC3)nc3ccc(-c4cccc(C(N)=O)c4)cc23)cc1F. The molecule has 0 bridgehead atoms. The molecule has 2 heterocycles. The van der Waals surface area contributed by atoms with Crippen LogP contribution in [-0.2, 0) is 0 Å². The Morgan fingerprint density at radius 2 is 1.94 bits per heavy atom. The van der Waals surface area contributed by atoms with E-state index < -0.39 is 11.7 Å². The number of aromatic nitrogens is 2. The first-order valence-corrected chi connectivity index (χ1v) is 11.4. The molecule has 0 unspecified atom stereocenters. The van der Waals surface area contributed by atoms with Crippen LogP contribution in [0.4, 0.5) is 16.0 Å². The molecular weight excluding hydrogens is 443 g/mol. The molecular formula is C27H23FN6O. The van der Waals surface area contributed by atoms with Crippen LogP contribution in [0.3, 0.4) is 0 Å². The fourth-order valence-electron chi connectivity index (χ4n) is 4.33. The number of rotatable bonds is 6. The highest BCUT2D eigenvalue weighted by Gasteiger charge is 2.17. The Labute approximate surface area is 202 Å². The number of carbonyl (C=O) groups excluding carboxylic acids is 1. The number of nitrogens with one attached hydrogen (secondary N) is 2. The smallest absolute Gasteiger partial charge is 0.248 e. The van der Waals surface area contributed by atoms with Gasteiger partial charge in [0.05, 0.1) is 17.8 Å². The van der Waals surface area contributed by atoms with Crippen molar-refractivity contribution in [1.29, 1.82) is 0 Å². The van der Waals surface area contributed by atoms with Crippen LogP contribution in [0.2, 0.25) is 0 Å². The summed E-state index contributed by atoms with van der Waals surface area (Å²) in [5.74, 6) is -0.132. The second kappa shape index (κ2) is 9.49. The molecule has 7 nitrogen and oxygen atoms in total. The van der Waals surface area contributed by atoms with E-state index in [-0.39, 0.29) is 5.69 Å². The lowest BCUT2D eigenvalue weighted by molar-refractivity contribution is 0.100. The van der Waals surface area contributed by atoms with Gasteiger partial charge < -0.3 is 16.4 Å². The Morgan fingerprint density at radius 1 is 1.11 bits per heavy atom. The van der Waals surface area contributed by atoms with Crippen LogP contribution in [0.1, 0.15) is 16.8 Å². The van der Waals surface area contributed by atoms with Gasteiger partial charge >= 0.3 is 0 Å². The van der Waals surface area contributed by atoms with Crippen LogP contribution >= 0.6 is 0 Å². The highest BCUT2D eigenvalue weighted by molar-refractivity contribution is 5.97. The zero-order chi connectivity index (χ0) is 24.4. The second-order valence-corrected chi connectivity index (χ2v) is 8.59. The molecule has 1 amide bonds. The predicted molar refractivity (Wildman–Crippen MR) is 135 cm³/mol. The number of fused-ring (bicyclic) bond motifs is 1. The summed E-state index contributed by atoms with van der Waals surface area (Å²) in [7, 11) is 0. The molecule has 1 aliphatic heterocycles. The van der Waals surface area contributed by atoms with Gasteiger partial charge in [-0.1, -0.05) is 30.3 Å². The summed E-state index contributed by atoms with van der Waals surface area (Å²) in [6.07, 6.45) is 1.09. The summed E-state index contributed by atoms with van der Waals surface area (Å²) in [5.41, 5.74) is 9.31. The number of anilines is 1. The van der Waals surface area contributed by atoms with E-state index in [0.717, 1.165) is 42.6 Å². The van der Waals surface area contributed by atoms with Crippen molar-refractivity contribution >= 4 is 28.4 Å². The Balaban J connectivity index is 1.62. The molecule has 0 radical (unpaired) electrons. The molecule has 1 atom stereocenters. The van der Waals surface area contributed by atoms with Gasteiger partial charge in [0.2, 0.25) is 17.5 Å². The third-order valence-electron chi connectivity index (χ3n) is 6.23. The average molecular weight is 467 g/mol. The van der Waals surface area contributed by atoms with Crippen LogP contribution in [0.5, 0.6) is 0 Å². The van der Waals surface area contributed by atoms with E-state index in [4.69, 9.17) is 22.3 Å². The molecule has 1 fully saturated rings. The van der Waals surface area contributed by atoms with Gasteiger partial charge in [0.1, 0.15) is 5.82 Å². The molecule has 0 spiro atoms. The van der Waals surface area contributed by atoms with Gasteiger partial charge in [-0.15, -0.1) is 0 Å². The summed E-state index contributed by atoms with van der Waals surface area (Å²) in [6.45, 7) is 9.83. The minimum absolute atomic E-state index is 0.0388. The van der Waals surface area contributed by atoms with E-state index in [1.807, 2.05) is 24.3 Å². The number of hydrogen-bond acceptors (Lipinski definition) is 5. The lowest BCUT2D eigenvalue weighted by atomic mass is 9.99. The van der Waals surface area contributed by atoms with Crippen molar-refractivity contribution in [3.8, 4) is 22.4 Å². The molecule has 4 aromatic rings. The number of nitrogens with zero attached hydrogens (tertiary/aromatic N) is 3. The summed E-state index contributed by atoms with van der Waals surface area (Å²) in [4.78, 5) is 24.3. The summed E-state index contributed by atoms with van der Waals surface area (Å²) in [5, 5.41) is 7.42. The van der Waals surface area contributed by atoms with Gasteiger partial charge in [-0.05, 0) is 66.9 Å². The fraction of sp³-hybridized carbons (Fsp3) is 0.185. The Bertz CT molecular complexity index is 1470. The molecule has 5 rings (SSSR count). The first-order valence-electron chi connectivity index (χ1n) is 11.4. The highest BCUT2D eigenvalue weighted by atomic mass is 19.1.